The second-order valence-electron chi connectivity index (χ2n) is 3.62. The molecule has 18 heavy (non-hydrogen) atoms. The summed E-state index contributed by atoms with van der Waals surface area (Å²) in [6.07, 6.45) is 3.42. The molecule has 2 rings (SSSR count). The van der Waals surface area contributed by atoms with Crippen LogP contribution in [0, 0.1) is 0 Å². The summed E-state index contributed by atoms with van der Waals surface area (Å²) in [5.74, 6) is -1.34. The van der Waals surface area contributed by atoms with Gasteiger partial charge in [0.05, 0.1) is 10.5 Å². The Morgan fingerprint density at radius 1 is 1.22 bits per heavy atom. The van der Waals surface area contributed by atoms with Gasteiger partial charge in [0.2, 0.25) is 10.0 Å². The average molecular weight is 266 g/mol. The summed E-state index contributed by atoms with van der Waals surface area (Å²) < 4.78 is 24.4. The van der Waals surface area contributed by atoms with Crippen LogP contribution in [0.4, 0.5) is 0 Å². The molecule has 1 aromatic heterocycles. The maximum absolute atomic E-state index is 11.4. The monoisotopic (exact) mass is 266 g/mol. The second-order valence-corrected chi connectivity index (χ2v) is 5.15. The van der Waals surface area contributed by atoms with Crippen molar-refractivity contribution in [3.63, 3.8) is 0 Å². The van der Waals surface area contributed by atoms with E-state index >= 15 is 0 Å². The molecule has 0 aliphatic carbocycles. The lowest BCUT2D eigenvalue weighted by Gasteiger charge is -2.08. The van der Waals surface area contributed by atoms with Crippen molar-refractivity contribution in [2.75, 3.05) is 0 Å². The third-order valence-electron chi connectivity index (χ3n) is 2.40. The van der Waals surface area contributed by atoms with Crippen LogP contribution in [0.1, 0.15) is 10.4 Å². The minimum atomic E-state index is -4.09. The number of nitrogens with two attached hydrogens (primary N) is 1. The van der Waals surface area contributed by atoms with E-state index in [4.69, 9.17) is 10.2 Å². The zero-order chi connectivity index (χ0) is 13.3. The Kier molecular flexibility index (Phi) is 2.93. The van der Waals surface area contributed by atoms with Crippen LogP contribution in [-0.4, -0.2) is 24.1 Å². The molecule has 2 aromatic rings. The van der Waals surface area contributed by atoms with Crippen LogP contribution in [0.5, 0.6) is 0 Å². The zero-order valence-electron chi connectivity index (χ0n) is 9.15. The van der Waals surface area contributed by atoms with Gasteiger partial charge in [0.25, 0.3) is 0 Å². The topological polar surface area (TPSA) is 102 Å². The van der Waals surface area contributed by atoms with E-state index in [0.717, 1.165) is 0 Å². The highest BCUT2D eigenvalue weighted by atomic mass is 32.2. The normalized spacial score (nSPS) is 11.4. The van der Waals surface area contributed by atoms with Crippen LogP contribution in [-0.2, 0) is 10.0 Å². The number of sulfonamides is 1. The number of hydrogen-bond donors (Lipinski definition) is 2. The average Bonchev–Trinajstić information content (AvgIpc) is 2.80. The maximum atomic E-state index is 11.4. The molecule has 0 bridgehead atoms. The van der Waals surface area contributed by atoms with Crippen molar-refractivity contribution in [2.45, 2.75) is 4.90 Å². The molecule has 1 aromatic carbocycles. The molecule has 0 spiro atoms. The van der Waals surface area contributed by atoms with Crippen molar-refractivity contribution in [3.05, 3.63) is 48.3 Å². The third-order valence-corrected chi connectivity index (χ3v) is 3.36. The van der Waals surface area contributed by atoms with E-state index in [1.807, 2.05) is 0 Å². The lowest BCUT2D eigenvalue weighted by molar-refractivity contribution is 0.0692. The van der Waals surface area contributed by atoms with Gasteiger partial charge in [-0.2, -0.15) is 0 Å². The van der Waals surface area contributed by atoms with Gasteiger partial charge in [0.15, 0.2) is 0 Å². The Balaban J connectivity index is 2.67. The Bertz CT molecular complexity index is 690. The molecular formula is C11H10N2O4S. The van der Waals surface area contributed by atoms with Crippen LogP contribution >= 0.6 is 0 Å². The molecule has 0 amide bonds. The lowest BCUT2D eigenvalue weighted by atomic mass is 10.2. The summed E-state index contributed by atoms with van der Waals surface area (Å²) in [5, 5.41) is 13.9. The van der Waals surface area contributed by atoms with Gasteiger partial charge in [-0.05, 0) is 30.3 Å². The smallest absolute Gasteiger partial charge is 0.337 e. The van der Waals surface area contributed by atoms with Gasteiger partial charge in [-0.15, -0.1) is 0 Å². The maximum Gasteiger partial charge on any atom is 0.337 e. The van der Waals surface area contributed by atoms with Crippen LogP contribution < -0.4 is 5.14 Å². The van der Waals surface area contributed by atoms with Gasteiger partial charge in [0.1, 0.15) is 0 Å². The second kappa shape index (κ2) is 4.28. The van der Waals surface area contributed by atoms with Crippen molar-refractivity contribution in [2.24, 2.45) is 5.14 Å². The number of rotatable bonds is 3. The van der Waals surface area contributed by atoms with Crippen LogP contribution in [0.3, 0.4) is 0 Å². The van der Waals surface area contributed by atoms with Gasteiger partial charge in [-0.25, -0.2) is 18.4 Å². The molecule has 0 fully saturated rings. The first-order chi connectivity index (χ1) is 8.39. The van der Waals surface area contributed by atoms with Crippen LogP contribution in [0.2, 0.25) is 0 Å². The molecule has 0 saturated carbocycles. The van der Waals surface area contributed by atoms with Crippen molar-refractivity contribution in [3.8, 4) is 5.69 Å². The highest BCUT2D eigenvalue weighted by molar-refractivity contribution is 7.89. The molecule has 0 aliphatic heterocycles. The fourth-order valence-corrected chi connectivity index (χ4v) is 2.34. The predicted octanol–water partition coefficient (Wildman–Crippen LogP) is 0.823. The van der Waals surface area contributed by atoms with E-state index in [0.29, 0.717) is 5.69 Å². The number of benzene rings is 1. The molecule has 94 valence electrons. The summed E-state index contributed by atoms with van der Waals surface area (Å²) in [4.78, 5) is 10.5. The Hall–Kier alpha value is -2.12. The molecule has 3 N–H and O–H groups in total. The summed E-state index contributed by atoms with van der Waals surface area (Å²) in [6, 6.07) is 7.50. The number of carbonyl (C=O) groups is 1. The number of carboxylic acid groups (broad SMARTS) is 1. The zero-order valence-corrected chi connectivity index (χ0v) is 9.96. The Labute approximate surface area is 103 Å². The van der Waals surface area contributed by atoms with Crippen molar-refractivity contribution in [1.29, 1.82) is 0 Å². The quantitative estimate of drug-likeness (QED) is 0.858. The molecule has 7 heteroatoms. The Morgan fingerprint density at radius 2 is 1.83 bits per heavy atom. The standard InChI is InChI=1S/C11H10N2O4S/c12-18(16,17)10-7-8(13-5-1-2-6-13)3-4-9(10)11(14)15/h1-7H,(H,14,15)(H2,12,16,17). The largest absolute Gasteiger partial charge is 0.478 e. The van der Waals surface area contributed by atoms with Crippen molar-refractivity contribution in [1.82, 2.24) is 4.57 Å². The van der Waals surface area contributed by atoms with Crippen LogP contribution in [0.25, 0.3) is 5.69 Å². The fourth-order valence-electron chi connectivity index (χ4n) is 1.59. The van der Waals surface area contributed by atoms with Gasteiger partial charge >= 0.3 is 5.97 Å². The summed E-state index contributed by atoms with van der Waals surface area (Å²) in [6.45, 7) is 0. The number of aromatic carboxylic acids is 1. The molecule has 6 nitrogen and oxygen atoms in total. The van der Waals surface area contributed by atoms with Gasteiger partial charge in [-0.1, -0.05) is 0 Å². The minimum absolute atomic E-state index is 0.339. The highest BCUT2D eigenvalue weighted by Crippen LogP contribution is 2.19. The first kappa shape index (κ1) is 12.3. The van der Waals surface area contributed by atoms with E-state index in [-0.39, 0.29) is 5.56 Å². The predicted molar refractivity (Wildman–Crippen MR) is 64.1 cm³/mol. The number of aromatic nitrogens is 1. The molecule has 0 radical (unpaired) electrons. The SMILES string of the molecule is NS(=O)(=O)c1cc(-n2cccc2)ccc1C(=O)O. The van der Waals surface area contributed by atoms with E-state index < -0.39 is 20.9 Å². The first-order valence-corrected chi connectivity index (χ1v) is 6.48. The molecule has 0 atom stereocenters. The van der Waals surface area contributed by atoms with Crippen molar-refractivity contribution < 1.29 is 18.3 Å². The number of primary sulfonamides is 1. The van der Waals surface area contributed by atoms with Gasteiger partial charge < -0.3 is 9.67 Å². The van der Waals surface area contributed by atoms with Crippen LogP contribution in [0.15, 0.2) is 47.6 Å². The van der Waals surface area contributed by atoms with E-state index in [1.165, 1.54) is 18.2 Å². The van der Waals surface area contributed by atoms with Crippen molar-refractivity contribution >= 4 is 16.0 Å². The highest BCUT2D eigenvalue weighted by Gasteiger charge is 2.19. The number of hydrogen-bond acceptors (Lipinski definition) is 3. The lowest BCUT2D eigenvalue weighted by Crippen LogP contribution is -2.17. The molecule has 0 unspecified atom stereocenters. The van der Waals surface area contributed by atoms with E-state index in [9.17, 15) is 13.2 Å². The first-order valence-electron chi connectivity index (χ1n) is 4.93. The number of nitrogens with zero attached hydrogens (tertiary/aromatic N) is 1. The molecular weight excluding hydrogens is 256 g/mol. The molecule has 0 aliphatic rings. The van der Waals surface area contributed by atoms with Gasteiger partial charge in [-0.3, -0.25) is 0 Å². The third kappa shape index (κ3) is 2.27. The van der Waals surface area contributed by atoms with E-state index in [1.54, 1.807) is 29.1 Å². The molecule has 0 saturated heterocycles. The summed E-state index contributed by atoms with van der Waals surface area (Å²) in [7, 11) is -4.09. The summed E-state index contributed by atoms with van der Waals surface area (Å²) >= 11 is 0. The molecule has 1 heterocycles. The Morgan fingerprint density at radius 3 is 2.33 bits per heavy atom. The van der Waals surface area contributed by atoms with E-state index in [2.05, 4.69) is 0 Å². The fraction of sp³-hybridized carbons (Fsp3) is 0. The number of carboxylic acids is 1. The summed E-state index contributed by atoms with van der Waals surface area (Å²) in [5.41, 5.74) is 0.183. The van der Waals surface area contributed by atoms with Gasteiger partial charge in [0, 0.05) is 18.1 Å². The minimum Gasteiger partial charge on any atom is -0.478 e.